The van der Waals surface area contributed by atoms with Crippen molar-refractivity contribution >= 4 is 0 Å². The largest absolute Gasteiger partial charge is 0.268 e. The lowest BCUT2D eigenvalue weighted by atomic mass is 9.82. The average molecular weight is 212 g/mol. The molecule has 1 aromatic heterocycles. The van der Waals surface area contributed by atoms with Crippen LogP contribution >= 0.6 is 0 Å². The summed E-state index contributed by atoms with van der Waals surface area (Å²) < 4.78 is 0. The molecule has 0 amide bonds. The summed E-state index contributed by atoms with van der Waals surface area (Å²) in [6, 6.07) is 9.92. The Labute approximate surface area is 93.1 Å². The van der Waals surface area contributed by atoms with Crippen molar-refractivity contribution < 1.29 is 0 Å². The number of benzene rings is 1. The van der Waals surface area contributed by atoms with E-state index in [2.05, 4.69) is 29.3 Å². The normalized spacial score (nSPS) is 17.7. The van der Waals surface area contributed by atoms with Crippen molar-refractivity contribution in [2.75, 3.05) is 0 Å². The lowest BCUT2D eigenvalue weighted by Crippen LogP contribution is -2.16. The molecule has 0 fully saturated rings. The molecule has 0 spiro atoms. The maximum atomic E-state index is 11.2. The molecule has 3 nitrogen and oxygen atoms in total. The highest BCUT2D eigenvalue weighted by atomic mass is 16.1. The van der Waals surface area contributed by atoms with Crippen LogP contribution in [0, 0.1) is 0 Å². The lowest BCUT2D eigenvalue weighted by Gasteiger charge is -2.23. The first-order chi connectivity index (χ1) is 7.75. The standard InChI is InChI=1S/C13H12N2O/c1-8-6-9-7-12(16)14-15-13(9)11-5-3-2-4-10(8)11/h2-5,7-8H,6H2,1H3,(H,14,16). The van der Waals surface area contributed by atoms with Crippen molar-refractivity contribution in [3.63, 3.8) is 0 Å². The van der Waals surface area contributed by atoms with Crippen LogP contribution in [0.25, 0.3) is 11.3 Å². The van der Waals surface area contributed by atoms with E-state index in [0.29, 0.717) is 5.92 Å². The molecule has 0 aliphatic heterocycles. The summed E-state index contributed by atoms with van der Waals surface area (Å²) in [6.07, 6.45) is 0.892. The molecule has 0 bridgehead atoms. The highest BCUT2D eigenvalue weighted by Gasteiger charge is 2.22. The van der Waals surface area contributed by atoms with E-state index in [0.717, 1.165) is 23.2 Å². The van der Waals surface area contributed by atoms with Gasteiger partial charge in [0, 0.05) is 11.6 Å². The van der Waals surface area contributed by atoms with E-state index in [9.17, 15) is 4.79 Å². The van der Waals surface area contributed by atoms with E-state index in [4.69, 9.17) is 0 Å². The Kier molecular flexibility index (Phi) is 1.93. The summed E-state index contributed by atoms with van der Waals surface area (Å²) in [4.78, 5) is 11.2. The molecule has 0 saturated carbocycles. The van der Waals surface area contributed by atoms with E-state index < -0.39 is 0 Å². The molecular formula is C13H12N2O. The van der Waals surface area contributed by atoms with Gasteiger partial charge in [0.15, 0.2) is 0 Å². The third-order valence-corrected chi connectivity index (χ3v) is 3.16. The van der Waals surface area contributed by atoms with Crippen LogP contribution < -0.4 is 5.56 Å². The molecule has 16 heavy (non-hydrogen) atoms. The first-order valence-electron chi connectivity index (χ1n) is 5.43. The van der Waals surface area contributed by atoms with Crippen molar-refractivity contribution in [3.8, 4) is 11.3 Å². The van der Waals surface area contributed by atoms with Gasteiger partial charge in [0.25, 0.3) is 5.56 Å². The van der Waals surface area contributed by atoms with E-state index in [-0.39, 0.29) is 5.56 Å². The summed E-state index contributed by atoms with van der Waals surface area (Å²) in [5.74, 6) is 0.451. The van der Waals surface area contributed by atoms with Crippen LogP contribution in [0.3, 0.4) is 0 Å². The summed E-state index contributed by atoms with van der Waals surface area (Å²) >= 11 is 0. The highest BCUT2D eigenvalue weighted by molar-refractivity contribution is 5.69. The third kappa shape index (κ3) is 1.28. The predicted octanol–water partition coefficient (Wildman–Crippen LogP) is 2.10. The van der Waals surface area contributed by atoms with Crippen molar-refractivity contribution in [1.82, 2.24) is 10.2 Å². The van der Waals surface area contributed by atoms with Crippen molar-refractivity contribution in [1.29, 1.82) is 0 Å². The molecule has 3 rings (SSSR count). The minimum Gasteiger partial charge on any atom is -0.268 e. The summed E-state index contributed by atoms with van der Waals surface area (Å²) in [6.45, 7) is 2.18. The number of H-pyrrole nitrogens is 1. The van der Waals surface area contributed by atoms with Crippen LogP contribution in [0.1, 0.15) is 24.0 Å². The highest BCUT2D eigenvalue weighted by Crippen LogP contribution is 2.36. The van der Waals surface area contributed by atoms with Crippen molar-refractivity contribution in [3.05, 3.63) is 51.8 Å². The van der Waals surface area contributed by atoms with Gasteiger partial charge in [-0.2, -0.15) is 5.10 Å². The van der Waals surface area contributed by atoms with Gasteiger partial charge in [0.2, 0.25) is 0 Å². The topological polar surface area (TPSA) is 45.8 Å². The van der Waals surface area contributed by atoms with Gasteiger partial charge < -0.3 is 0 Å². The molecule has 1 N–H and O–H groups in total. The number of nitrogens with one attached hydrogen (secondary N) is 1. The SMILES string of the molecule is CC1Cc2cc(=O)[nH]nc2-c2ccccc21. The number of nitrogens with zero attached hydrogens (tertiary/aromatic N) is 1. The van der Waals surface area contributed by atoms with Crippen molar-refractivity contribution in [2.45, 2.75) is 19.3 Å². The molecule has 2 aromatic rings. The van der Waals surface area contributed by atoms with Crippen LogP contribution in [0.5, 0.6) is 0 Å². The number of hydrogen-bond donors (Lipinski definition) is 1. The molecule has 1 aromatic carbocycles. The van der Waals surface area contributed by atoms with Crippen molar-refractivity contribution in [2.24, 2.45) is 0 Å². The summed E-state index contributed by atoms with van der Waals surface area (Å²) in [7, 11) is 0. The molecular weight excluding hydrogens is 200 g/mol. The fourth-order valence-corrected chi connectivity index (χ4v) is 2.41. The second-order valence-electron chi connectivity index (χ2n) is 4.30. The minimum absolute atomic E-state index is 0.120. The Morgan fingerprint density at radius 2 is 2.19 bits per heavy atom. The van der Waals surface area contributed by atoms with Gasteiger partial charge in [-0.1, -0.05) is 31.2 Å². The zero-order valence-corrected chi connectivity index (χ0v) is 9.03. The number of fused-ring (bicyclic) bond motifs is 3. The lowest BCUT2D eigenvalue weighted by molar-refractivity contribution is 0.735. The summed E-state index contributed by atoms with van der Waals surface area (Å²) in [5, 5.41) is 6.67. The number of hydrogen-bond acceptors (Lipinski definition) is 2. The first-order valence-corrected chi connectivity index (χ1v) is 5.43. The minimum atomic E-state index is -0.120. The van der Waals surface area contributed by atoms with Crippen LogP contribution in [0.15, 0.2) is 35.1 Å². The number of rotatable bonds is 0. The quantitative estimate of drug-likeness (QED) is 0.726. The van der Waals surface area contributed by atoms with Crippen LogP contribution in [0.2, 0.25) is 0 Å². The zero-order chi connectivity index (χ0) is 11.1. The van der Waals surface area contributed by atoms with Crippen LogP contribution in [0.4, 0.5) is 0 Å². The van der Waals surface area contributed by atoms with E-state index in [1.807, 2.05) is 12.1 Å². The molecule has 80 valence electrons. The Morgan fingerprint density at radius 3 is 3.06 bits per heavy atom. The van der Waals surface area contributed by atoms with Gasteiger partial charge in [-0.15, -0.1) is 0 Å². The Morgan fingerprint density at radius 1 is 1.38 bits per heavy atom. The van der Waals surface area contributed by atoms with Gasteiger partial charge in [-0.25, -0.2) is 5.10 Å². The zero-order valence-electron chi connectivity index (χ0n) is 9.03. The second kappa shape index (κ2) is 3.30. The summed E-state index contributed by atoms with van der Waals surface area (Å²) in [5.41, 5.74) is 4.32. The van der Waals surface area contributed by atoms with E-state index in [1.165, 1.54) is 5.56 Å². The third-order valence-electron chi connectivity index (χ3n) is 3.16. The molecule has 0 saturated heterocycles. The van der Waals surface area contributed by atoms with Gasteiger partial charge in [-0.3, -0.25) is 4.79 Å². The molecule has 1 atom stereocenters. The van der Waals surface area contributed by atoms with Crippen LogP contribution in [-0.4, -0.2) is 10.2 Å². The Hall–Kier alpha value is -1.90. The fourth-order valence-electron chi connectivity index (χ4n) is 2.41. The Bertz CT molecular complexity index is 601. The number of aromatic nitrogens is 2. The molecule has 3 heteroatoms. The first kappa shape index (κ1) is 9.33. The van der Waals surface area contributed by atoms with Gasteiger partial charge in [-0.05, 0) is 23.5 Å². The molecule has 1 unspecified atom stereocenters. The molecule has 1 heterocycles. The average Bonchev–Trinajstić information content (AvgIpc) is 2.29. The van der Waals surface area contributed by atoms with Gasteiger partial charge in [0.05, 0.1) is 5.69 Å². The number of aromatic amines is 1. The molecule has 1 aliphatic carbocycles. The smallest absolute Gasteiger partial charge is 0.264 e. The fraction of sp³-hybridized carbons (Fsp3) is 0.231. The Balaban J connectivity index is 2.31. The van der Waals surface area contributed by atoms with Gasteiger partial charge in [0.1, 0.15) is 0 Å². The predicted molar refractivity (Wildman–Crippen MR) is 62.4 cm³/mol. The van der Waals surface area contributed by atoms with Crippen LogP contribution in [-0.2, 0) is 6.42 Å². The maximum absolute atomic E-state index is 11.2. The second-order valence-corrected chi connectivity index (χ2v) is 4.30. The van der Waals surface area contributed by atoms with Gasteiger partial charge >= 0.3 is 0 Å². The molecule has 0 radical (unpaired) electrons. The molecule has 1 aliphatic rings. The van der Waals surface area contributed by atoms with E-state index >= 15 is 0 Å². The van der Waals surface area contributed by atoms with E-state index in [1.54, 1.807) is 6.07 Å². The maximum Gasteiger partial charge on any atom is 0.264 e. The monoisotopic (exact) mass is 212 g/mol.